The van der Waals surface area contributed by atoms with Crippen molar-refractivity contribution in [1.82, 2.24) is 24.1 Å². The molecule has 0 aliphatic carbocycles. The first-order valence-electron chi connectivity index (χ1n) is 16.8. The van der Waals surface area contributed by atoms with Gasteiger partial charge in [-0.1, -0.05) is 140 Å². The lowest BCUT2D eigenvalue weighted by Crippen LogP contribution is -2.10. The molecule has 234 valence electrons. The molecule has 10 rings (SSSR count). The monoisotopic (exact) mass is 639 g/mol. The summed E-state index contributed by atoms with van der Waals surface area (Å²) in [4.78, 5) is 15.8. The van der Waals surface area contributed by atoms with Crippen LogP contribution in [0.4, 0.5) is 0 Å². The number of aromatic nitrogens is 5. The summed E-state index contributed by atoms with van der Waals surface area (Å²) in [6.07, 6.45) is 0. The van der Waals surface area contributed by atoms with Crippen molar-refractivity contribution in [1.29, 1.82) is 0 Å². The van der Waals surface area contributed by atoms with E-state index in [1.807, 2.05) is 6.07 Å². The van der Waals surface area contributed by atoms with Crippen LogP contribution in [0.5, 0.6) is 0 Å². The van der Waals surface area contributed by atoms with Crippen LogP contribution in [0.25, 0.3) is 89.2 Å². The quantitative estimate of drug-likeness (QED) is 0.188. The molecule has 3 aromatic heterocycles. The van der Waals surface area contributed by atoms with Crippen molar-refractivity contribution < 1.29 is 0 Å². The van der Waals surface area contributed by atoms with E-state index in [2.05, 4.69) is 179 Å². The summed E-state index contributed by atoms with van der Waals surface area (Å²) in [5.41, 5.74) is 9.70. The highest BCUT2D eigenvalue weighted by Crippen LogP contribution is 2.35. The molecule has 10 aromatic rings. The molecule has 0 radical (unpaired) electrons. The fourth-order valence-electron chi connectivity index (χ4n) is 7.31. The van der Waals surface area contributed by atoms with Crippen LogP contribution < -0.4 is 0 Å². The number of rotatable bonds is 5. The normalized spacial score (nSPS) is 11.6. The zero-order valence-electron chi connectivity index (χ0n) is 27.0. The highest BCUT2D eigenvalue weighted by Gasteiger charge is 2.20. The lowest BCUT2D eigenvalue weighted by Gasteiger charge is -2.13. The van der Waals surface area contributed by atoms with Gasteiger partial charge in [0.1, 0.15) is 0 Å². The average molecular weight is 640 g/mol. The van der Waals surface area contributed by atoms with Crippen molar-refractivity contribution in [2.24, 2.45) is 0 Å². The molecule has 0 spiro atoms. The SMILES string of the molecule is c1ccc(-c2cccc(-c3cccc(-c4nc(-n5c6ccccc6c6ccccc65)nc(-n5c6ccccc6c6ccccc65)n4)c3)c2)cc1. The zero-order chi connectivity index (χ0) is 33.0. The molecule has 0 unspecified atom stereocenters. The minimum atomic E-state index is 0.570. The van der Waals surface area contributed by atoms with Crippen LogP contribution in [0.3, 0.4) is 0 Å². The Labute approximate surface area is 288 Å². The van der Waals surface area contributed by atoms with Gasteiger partial charge in [0.05, 0.1) is 22.1 Å². The Morgan fingerprint density at radius 1 is 0.280 bits per heavy atom. The van der Waals surface area contributed by atoms with Crippen molar-refractivity contribution in [2.75, 3.05) is 0 Å². The number of nitrogens with zero attached hydrogens (tertiary/aromatic N) is 5. The molecule has 0 fully saturated rings. The largest absolute Gasteiger partial charge is 0.278 e. The smallest absolute Gasteiger partial charge is 0.240 e. The van der Waals surface area contributed by atoms with E-state index >= 15 is 0 Å². The predicted molar refractivity (Wildman–Crippen MR) is 205 cm³/mol. The first-order chi connectivity index (χ1) is 24.8. The van der Waals surface area contributed by atoms with Gasteiger partial charge in [-0.2, -0.15) is 15.0 Å². The molecule has 3 heterocycles. The van der Waals surface area contributed by atoms with Gasteiger partial charge in [-0.3, -0.25) is 9.13 Å². The zero-order valence-corrected chi connectivity index (χ0v) is 27.0. The van der Waals surface area contributed by atoms with E-state index in [1.165, 1.54) is 11.1 Å². The molecule has 0 saturated heterocycles. The van der Waals surface area contributed by atoms with E-state index in [0.29, 0.717) is 17.7 Å². The van der Waals surface area contributed by atoms with Crippen molar-refractivity contribution in [2.45, 2.75) is 0 Å². The minimum Gasteiger partial charge on any atom is -0.278 e. The maximum Gasteiger partial charge on any atom is 0.240 e. The van der Waals surface area contributed by atoms with Crippen LogP contribution in [0, 0.1) is 0 Å². The summed E-state index contributed by atoms with van der Waals surface area (Å²) in [6, 6.07) is 61.5. The van der Waals surface area contributed by atoms with Crippen LogP contribution >= 0.6 is 0 Å². The molecule has 0 aliphatic rings. The molecule has 50 heavy (non-hydrogen) atoms. The molecular formula is C45H29N5. The predicted octanol–water partition coefficient (Wildman–Crippen LogP) is 11.1. The first-order valence-corrected chi connectivity index (χ1v) is 16.8. The molecule has 7 aromatic carbocycles. The van der Waals surface area contributed by atoms with E-state index in [4.69, 9.17) is 15.0 Å². The van der Waals surface area contributed by atoms with Gasteiger partial charge in [0.2, 0.25) is 11.9 Å². The molecule has 5 nitrogen and oxygen atoms in total. The maximum atomic E-state index is 5.27. The average Bonchev–Trinajstić information content (AvgIpc) is 3.71. The van der Waals surface area contributed by atoms with Crippen molar-refractivity contribution in [3.63, 3.8) is 0 Å². The van der Waals surface area contributed by atoms with E-state index in [0.717, 1.165) is 60.3 Å². The molecular weight excluding hydrogens is 611 g/mol. The second-order valence-electron chi connectivity index (χ2n) is 12.5. The Morgan fingerprint density at radius 3 is 1.08 bits per heavy atom. The van der Waals surface area contributed by atoms with Gasteiger partial charge >= 0.3 is 0 Å². The van der Waals surface area contributed by atoms with Crippen molar-refractivity contribution in [3.8, 4) is 45.5 Å². The van der Waals surface area contributed by atoms with Gasteiger partial charge in [-0.25, -0.2) is 0 Å². The van der Waals surface area contributed by atoms with Crippen LogP contribution in [0.15, 0.2) is 176 Å². The molecule has 0 bridgehead atoms. The Hall–Kier alpha value is -6.85. The van der Waals surface area contributed by atoms with Crippen LogP contribution in [-0.2, 0) is 0 Å². The number of benzene rings is 7. The summed E-state index contributed by atoms with van der Waals surface area (Å²) in [5, 5.41) is 4.63. The highest BCUT2D eigenvalue weighted by molar-refractivity contribution is 6.10. The van der Waals surface area contributed by atoms with Crippen LogP contribution in [0.2, 0.25) is 0 Å². The molecule has 0 saturated carbocycles. The summed E-state index contributed by atoms with van der Waals surface area (Å²) < 4.78 is 4.33. The Bertz CT molecular complexity index is 2640. The summed E-state index contributed by atoms with van der Waals surface area (Å²) in [6.45, 7) is 0. The van der Waals surface area contributed by atoms with E-state index in [1.54, 1.807) is 0 Å². The molecule has 0 atom stereocenters. The van der Waals surface area contributed by atoms with E-state index in [9.17, 15) is 0 Å². The fraction of sp³-hybridized carbons (Fsp3) is 0. The van der Waals surface area contributed by atoms with Crippen molar-refractivity contribution in [3.05, 3.63) is 176 Å². The van der Waals surface area contributed by atoms with Crippen LogP contribution in [0.1, 0.15) is 0 Å². The maximum absolute atomic E-state index is 5.27. The van der Waals surface area contributed by atoms with Gasteiger partial charge in [0.25, 0.3) is 0 Å². The third-order valence-electron chi connectivity index (χ3n) is 9.60. The minimum absolute atomic E-state index is 0.570. The summed E-state index contributed by atoms with van der Waals surface area (Å²) in [7, 11) is 0. The summed E-state index contributed by atoms with van der Waals surface area (Å²) in [5.74, 6) is 1.75. The van der Waals surface area contributed by atoms with E-state index < -0.39 is 0 Å². The van der Waals surface area contributed by atoms with E-state index in [-0.39, 0.29) is 0 Å². The van der Waals surface area contributed by atoms with Gasteiger partial charge < -0.3 is 0 Å². The summed E-state index contributed by atoms with van der Waals surface area (Å²) >= 11 is 0. The van der Waals surface area contributed by atoms with Gasteiger partial charge in [0.15, 0.2) is 5.82 Å². The Kier molecular flexibility index (Phi) is 6.42. The second-order valence-corrected chi connectivity index (χ2v) is 12.5. The second kappa shape index (κ2) is 11.4. The number of para-hydroxylation sites is 4. The molecule has 0 aliphatic heterocycles. The topological polar surface area (TPSA) is 48.5 Å². The third kappa shape index (κ3) is 4.52. The van der Waals surface area contributed by atoms with Crippen molar-refractivity contribution >= 4 is 43.6 Å². The van der Waals surface area contributed by atoms with Gasteiger partial charge in [0, 0.05) is 27.1 Å². The lowest BCUT2D eigenvalue weighted by atomic mass is 9.98. The lowest BCUT2D eigenvalue weighted by molar-refractivity contribution is 0.893. The van der Waals surface area contributed by atoms with Gasteiger partial charge in [-0.15, -0.1) is 0 Å². The standard InChI is InChI=1S/C45H29N5/c1-2-14-30(15-3-1)31-16-12-17-32(28-31)33-18-13-19-34(29-33)43-46-44(49-39-24-8-4-20-35(39)36-21-5-9-25-40(36)49)48-45(47-43)50-41-26-10-6-22-37(41)38-23-7-11-27-42(38)50/h1-29H. The highest BCUT2D eigenvalue weighted by atomic mass is 15.3. The van der Waals surface area contributed by atoms with Crippen LogP contribution in [-0.4, -0.2) is 24.1 Å². The molecule has 0 amide bonds. The third-order valence-corrected chi connectivity index (χ3v) is 9.60. The molecule has 0 N–H and O–H groups in total. The first kappa shape index (κ1) is 28.2. The Morgan fingerprint density at radius 2 is 0.620 bits per heavy atom. The number of fused-ring (bicyclic) bond motifs is 6. The molecule has 5 heteroatoms. The van der Waals surface area contributed by atoms with Gasteiger partial charge in [-0.05, 0) is 58.7 Å². The Balaban J connectivity index is 1.23. The fourth-order valence-corrected chi connectivity index (χ4v) is 7.31. The number of hydrogen-bond acceptors (Lipinski definition) is 3. The number of hydrogen-bond donors (Lipinski definition) is 0.